The molecule has 2 aromatic carbocycles. The fourth-order valence-corrected chi connectivity index (χ4v) is 6.04. The number of imidazole rings is 1. The van der Waals surface area contributed by atoms with E-state index >= 15 is 8.78 Å². The lowest BCUT2D eigenvalue weighted by molar-refractivity contribution is -0.0589. The summed E-state index contributed by atoms with van der Waals surface area (Å²) >= 11 is 1.35. The first-order valence-corrected chi connectivity index (χ1v) is 15.1. The van der Waals surface area contributed by atoms with Gasteiger partial charge in [0.25, 0.3) is 5.88 Å². The number of nitrogens with zero attached hydrogens (tertiary/aromatic N) is 6. The van der Waals surface area contributed by atoms with Crippen molar-refractivity contribution in [1.82, 2.24) is 29.3 Å². The molecule has 6 aromatic rings. The number of aromatic nitrogens is 6. The number of hydrogen-bond acceptors (Lipinski definition) is 8. The van der Waals surface area contributed by atoms with E-state index in [4.69, 9.17) is 9.47 Å². The van der Waals surface area contributed by atoms with Crippen LogP contribution in [0.1, 0.15) is 33.2 Å². The number of thiazole rings is 1. The maximum absolute atomic E-state index is 15.5. The van der Waals surface area contributed by atoms with Crippen molar-refractivity contribution in [2.45, 2.75) is 32.1 Å². The molecule has 1 fully saturated rings. The van der Waals surface area contributed by atoms with Crippen molar-refractivity contribution < 1.29 is 32.5 Å². The highest BCUT2D eigenvalue weighted by atomic mass is 32.1. The van der Waals surface area contributed by atoms with Gasteiger partial charge in [-0.3, -0.25) is 4.68 Å². The largest absolute Gasteiger partial charge is 0.478 e. The summed E-state index contributed by atoms with van der Waals surface area (Å²) < 4.78 is 60.3. The lowest BCUT2D eigenvalue weighted by Gasteiger charge is -2.27. The van der Waals surface area contributed by atoms with Crippen molar-refractivity contribution in [2.75, 3.05) is 6.61 Å². The fraction of sp³-hybridized carbons (Fsp3) is 0.219. The van der Waals surface area contributed by atoms with Crippen molar-refractivity contribution in [3.8, 4) is 27.6 Å². The Morgan fingerprint density at radius 1 is 1.09 bits per heavy atom. The first-order valence-electron chi connectivity index (χ1n) is 14.3. The zero-order valence-corrected chi connectivity index (χ0v) is 25.1. The third-order valence-electron chi connectivity index (χ3n) is 7.70. The molecule has 0 amide bonds. The van der Waals surface area contributed by atoms with E-state index in [9.17, 15) is 14.3 Å². The number of pyridine rings is 1. The van der Waals surface area contributed by atoms with Crippen molar-refractivity contribution in [2.24, 2.45) is 7.05 Å². The number of benzene rings is 2. The van der Waals surface area contributed by atoms with Gasteiger partial charge in [0.2, 0.25) is 0 Å². The summed E-state index contributed by atoms with van der Waals surface area (Å²) in [5.74, 6) is -3.25. The summed E-state index contributed by atoms with van der Waals surface area (Å²) in [6, 6.07) is 8.97. The van der Waals surface area contributed by atoms with Crippen LogP contribution < -0.4 is 4.74 Å². The average molecular weight is 647 g/mol. The summed E-state index contributed by atoms with van der Waals surface area (Å²) in [5, 5.41) is 14.2. The predicted molar refractivity (Wildman–Crippen MR) is 162 cm³/mol. The molecule has 234 valence electrons. The number of carboxylic acid groups (broad SMARTS) is 1. The van der Waals surface area contributed by atoms with Gasteiger partial charge >= 0.3 is 5.97 Å². The zero-order valence-electron chi connectivity index (χ0n) is 24.3. The second kappa shape index (κ2) is 12.0. The molecule has 14 heteroatoms. The molecule has 0 radical (unpaired) electrons. The number of ether oxygens (including phenoxy) is 2. The minimum Gasteiger partial charge on any atom is -0.478 e. The Morgan fingerprint density at radius 3 is 2.67 bits per heavy atom. The van der Waals surface area contributed by atoms with Crippen molar-refractivity contribution in [1.29, 1.82) is 0 Å². The monoisotopic (exact) mass is 646 g/mol. The molecule has 1 N–H and O–H groups in total. The minimum atomic E-state index is -1.08. The molecule has 10 nitrogen and oxygen atoms in total. The minimum absolute atomic E-state index is 0.00916. The maximum atomic E-state index is 15.5. The van der Waals surface area contributed by atoms with Crippen LogP contribution in [0.2, 0.25) is 0 Å². The number of halogens is 3. The Hall–Kier alpha value is -5.08. The van der Waals surface area contributed by atoms with E-state index < -0.39 is 23.4 Å². The van der Waals surface area contributed by atoms with E-state index in [0.717, 1.165) is 35.1 Å². The first kappa shape index (κ1) is 29.6. The Kier molecular flexibility index (Phi) is 7.74. The van der Waals surface area contributed by atoms with E-state index in [-0.39, 0.29) is 47.4 Å². The van der Waals surface area contributed by atoms with Crippen LogP contribution in [0, 0.1) is 17.5 Å². The molecule has 4 aromatic heterocycles. The van der Waals surface area contributed by atoms with Crippen LogP contribution in [0.4, 0.5) is 13.2 Å². The van der Waals surface area contributed by atoms with Gasteiger partial charge in [0.15, 0.2) is 5.82 Å². The molecule has 0 bridgehead atoms. The number of carboxylic acids is 1. The van der Waals surface area contributed by atoms with Crippen molar-refractivity contribution in [3.05, 3.63) is 100 Å². The topological polar surface area (TPSA) is 117 Å². The summed E-state index contributed by atoms with van der Waals surface area (Å²) in [6.07, 6.45) is 5.89. The fourth-order valence-electron chi connectivity index (χ4n) is 5.23. The summed E-state index contributed by atoms with van der Waals surface area (Å²) in [7, 11) is 1.81. The van der Waals surface area contributed by atoms with Gasteiger partial charge in [0.05, 0.1) is 46.0 Å². The summed E-state index contributed by atoms with van der Waals surface area (Å²) in [4.78, 5) is 25.5. The molecule has 0 unspecified atom stereocenters. The van der Waals surface area contributed by atoms with E-state index in [2.05, 4.69) is 20.1 Å². The number of aryl methyl sites for hydroxylation is 1. The Labute approximate surface area is 263 Å². The van der Waals surface area contributed by atoms with E-state index in [1.54, 1.807) is 27.7 Å². The van der Waals surface area contributed by atoms with Gasteiger partial charge < -0.3 is 19.1 Å². The first-order chi connectivity index (χ1) is 22.2. The third-order valence-corrected chi connectivity index (χ3v) is 8.72. The molecule has 1 atom stereocenters. The summed E-state index contributed by atoms with van der Waals surface area (Å²) in [5.41, 5.74) is 1.94. The number of fused-ring (bicyclic) bond motifs is 1. The third kappa shape index (κ3) is 5.84. The number of aromatic carboxylic acids is 1. The van der Waals surface area contributed by atoms with Gasteiger partial charge in [0.1, 0.15) is 29.1 Å². The highest BCUT2D eigenvalue weighted by molar-refractivity contribution is 7.15. The Balaban J connectivity index is 1.13. The normalized spacial score (nSPS) is 14.5. The van der Waals surface area contributed by atoms with Gasteiger partial charge in [-0.2, -0.15) is 5.10 Å². The average Bonchev–Trinajstić information content (AvgIpc) is 3.74. The standard InChI is InChI=1S/C32H25F3N6O4S/c1-40-14-19(12-37-40)28-13-36-30(46-28)16-45-31-22(33)3-5-25(39-31)21-11-23(34)18(8-24(21)35)10-29-38-26-4-2-17(32(42)43)9-27(26)41(29)15-20-6-7-44-20/h2-5,8-9,11-14,20H,6-7,10,15-16H2,1H3,(H,42,43)/t20-/m0/s1. The second-order valence-electron chi connectivity index (χ2n) is 10.8. The highest BCUT2D eigenvalue weighted by Gasteiger charge is 2.24. The Morgan fingerprint density at radius 2 is 1.93 bits per heavy atom. The molecule has 0 saturated carbocycles. The molecule has 1 saturated heterocycles. The number of carbonyl (C=O) groups is 1. The van der Waals surface area contributed by atoms with Crippen LogP contribution in [-0.2, 0) is 31.4 Å². The van der Waals surface area contributed by atoms with Gasteiger partial charge in [0, 0.05) is 43.6 Å². The number of rotatable bonds is 10. The molecule has 5 heterocycles. The second-order valence-corrected chi connectivity index (χ2v) is 11.9. The molecule has 0 spiro atoms. The van der Waals surface area contributed by atoms with Crippen LogP contribution >= 0.6 is 11.3 Å². The van der Waals surface area contributed by atoms with Crippen molar-refractivity contribution >= 4 is 28.3 Å². The van der Waals surface area contributed by atoms with E-state index in [1.165, 1.54) is 29.5 Å². The van der Waals surface area contributed by atoms with Crippen molar-refractivity contribution in [3.63, 3.8) is 0 Å². The molecule has 1 aliphatic heterocycles. The molecular weight excluding hydrogens is 621 g/mol. The molecule has 0 aliphatic carbocycles. The molecule has 7 rings (SSSR count). The number of hydrogen-bond donors (Lipinski definition) is 1. The van der Waals surface area contributed by atoms with Crippen LogP contribution in [0.15, 0.2) is 61.1 Å². The lowest BCUT2D eigenvalue weighted by atomic mass is 10.0. The maximum Gasteiger partial charge on any atom is 0.335 e. The Bertz CT molecular complexity index is 2110. The quantitative estimate of drug-likeness (QED) is 0.192. The van der Waals surface area contributed by atoms with Gasteiger partial charge in [-0.15, -0.1) is 11.3 Å². The SMILES string of the molecule is Cn1cc(-c2cnc(COc3nc(-c4cc(F)c(Cc5nc6ccc(C(=O)O)cc6n5C[C@@H]5CCO5)cc4F)ccc3F)s2)cn1. The lowest BCUT2D eigenvalue weighted by Crippen LogP contribution is -2.31. The molecule has 1 aliphatic rings. The zero-order chi connectivity index (χ0) is 31.9. The van der Waals surface area contributed by atoms with Crippen LogP contribution in [0.25, 0.3) is 32.7 Å². The smallest absolute Gasteiger partial charge is 0.335 e. The van der Waals surface area contributed by atoms with Crippen LogP contribution in [0.3, 0.4) is 0 Å². The van der Waals surface area contributed by atoms with Crippen LogP contribution in [0.5, 0.6) is 5.88 Å². The van der Waals surface area contributed by atoms with Gasteiger partial charge in [-0.1, -0.05) is 0 Å². The summed E-state index contributed by atoms with van der Waals surface area (Å²) in [6.45, 7) is 0.941. The predicted octanol–water partition coefficient (Wildman–Crippen LogP) is 6.03. The van der Waals surface area contributed by atoms with Crippen LogP contribution in [-0.4, -0.2) is 53.1 Å². The highest BCUT2D eigenvalue weighted by Crippen LogP contribution is 2.31. The van der Waals surface area contributed by atoms with Gasteiger partial charge in [-0.25, -0.2) is 32.9 Å². The van der Waals surface area contributed by atoms with E-state index in [1.807, 2.05) is 13.2 Å². The molecule has 46 heavy (non-hydrogen) atoms. The van der Waals surface area contributed by atoms with E-state index in [0.29, 0.717) is 35.0 Å². The van der Waals surface area contributed by atoms with Gasteiger partial charge in [-0.05, 0) is 54.4 Å². The molecular formula is C32H25F3N6O4S.